The van der Waals surface area contributed by atoms with E-state index in [1.165, 1.54) is 13.0 Å². The van der Waals surface area contributed by atoms with Crippen molar-refractivity contribution in [1.29, 1.82) is 0 Å². The Morgan fingerprint density at radius 3 is 2.94 bits per heavy atom. The SMILES string of the molecule is CC(=O)c1cc(NCC2CCN(C)C2)ccc1N. The van der Waals surface area contributed by atoms with Gasteiger partial charge in [0.05, 0.1) is 0 Å². The summed E-state index contributed by atoms with van der Waals surface area (Å²) in [6.45, 7) is 4.81. The normalized spacial score (nSPS) is 20.0. The van der Waals surface area contributed by atoms with Gasteiger partial charge in [0.1, 0.15) is 0 Å². The number of hydrogen-bond acceptors (Lipinski definition) is 4. The van der Waals surface area contributed by atoms with E-state index in [0.29, 0.717) is 17.2 Å². The average molecular weight is 247 g/mol. The van der Waals surface area contributed by atoms with Crippen LogP contribution in [0.1, 0.15) is 23.7 Å². The van der Waals surface area contributed by atoms with Crippen LogP contribution < -0.4 is 11.1 Å². The molecule has 2 rings (SSSR count). The van der Waals surface area contributed by atoms with E-state index in [0.717, 1.165) is 18.8 Å². The molecule has 0 amide bonds. The first-order valence-electron chi connectivity index (χ1n) is 6.39. The van der Waals surface area contributed by atoms with Gasteiger partial charge in [-0.1, -0.05) is 0 Å². The smallest absolute Gasteiger partial charge is 0.161 e. The third-order valence-corrected chi connectivity index (χ3v) is 3.52. The number of anilines is 2. The Balaban J connectivity index is 1.97. The number of benzene rings is 1. The van der Waals surface area contributed by atoms with Crippen molar-refractivity contribution < 1.29 is 4.79 Å². The summed E-state index contributed by atoms with van der Waals surface area (Å²) >= 11 is 0. The van der Waals surface area contributed by atoms with E-state index in [-0.39, 0.29) is 5.78 Å². The molecule has 4 nitrogen and oxygen atoms in total. The third-order valence-electron chi connectivity index (χ3n) is 3.52. The van der Waals surface area contributed by atoms with Crippen molar-refractivity contribution in [2.24, 2.45) is 5.92 Å². The molecule has 1 aliphatic heterocycles. The fourth-order valence-corrected chi connectivity index (χ4v) is 2.43. The Morgan fingerprint density at radius 1 is 1.56 bits per heavy atom. The van der Waals surface area contributed by atoms with Gasteiger partial charge in [0.25, 0.3) is 0 Å². The number of carbonyl (C=O) groups excluding carboxylic acids is 1. The van der Waals surface area contributed by atoms with Crippen molar-refractivity contribution in [3.63, 3.8) is 0 Å². The van der Waals surface area contributed by atoms with Gasteiger partial charge in [-0.3, -0.25) is 4.79 Å². The maximum atomic E-state index is 11.4. The molecule has 1 aromatic rings. The number of carbonyl (C=O) groups is 1. The highest BCUT2D eigenvalue weighted by Gasteiger charge is 2.18. The maximum absolute atomic E-state index is 11.4. The van der Waals surface area contributed by atoms with Crippen LogP contribution in [-0.4, -0.2) is 37.4 Å². The minimum absolute atomic E-state index is 0.0109. The predicted octanol–water partition coefficient (Wildman–Crippen LogP) is 1.83. The molecule has 1 unspecified atom stereocenters. The van der Waals surface area contributed by atoms with Gasteiger partial charge in [-0.2, -0.15) is 0 Å². The molecule has 4 heteroatoms. The zero-order chi connectivity index (χ0) is 13.1. The Kier molecular flexibility index (Phi) is 3.87. The van der Waals surface area contributed by atoms with Crippen LogP contribution >= 0.6 is 0 Å². The molecule has 1 saturated heterocycles. The Morgan fingerprint density at radius 2 is 2.33 bits per heavy atom. The standard InChI is InChI=1S/C14H21N3O/c1-10(18)13-7-12(3-4-14(13)15)16-8-11-5-6-17(2)9-11/h3-4,7,11,16H,5-6,8-9,15H2,1-2H3. The summed E-state index contributed by atoms with van der Waals surface area (Å²) in [4.78, 5) is 13.8. The molecule has 0 radical (unpaired) electrons. The molecule has 1 fully saturated rings. The van der Waals surface area contributed by atoms with Crippen LogP contribution in [0.25, 0.3) is 0 Å². The molecule has 1 heterocycles. The second kappa shape index (κ2) is 5.40. The topological polar surface area (TPSA) is 58.4 Å². The minimum Gasteiger partial charge on any atom is -0.398 e. The average Bonchev–Trinajstić information content (AvgIpc) is 2.74. The Hall–Kier alpha value is -1.55. The molecule has 0 saturated carbocycles. The van der Waals surface area contributed by atoms with Crippen LogP contribution in [0.3, 0.4) is 0 Å². The Bertz CT molecular complexity index is 445. The largest absolute Gasteiger partial charge is 0.398 e. The lowest BCUT2D eigenvalue weighted by molar-refractivity contribution is 0.101. The summed E-state index contributed by atoms with van der Waals surface area (Å²) in [5.41, 5.74) is 7.90. The second-order valence-corrected chi connectivity index (χ2v) is 5.16. The summed E-state index contributed by atoms with van der Waals surface area (Å²) < 4.78 is 0. The summed E-state index contributed by atoms with van der Waals surface area (Å²) in [5, 5.41) is 3.40. The maximum Gasteiger partial charge on any atom is 0.161 e. The number of nitrogen functional groups attached to an aromatic ring is 1. The molecule has 0 spiro atoms. The van der Waals surface area contributed by atoms with Gasteiger partial charge in [-0.05, 0) is 51.1 Å². The quantitative estimate of drug-likeness (QED) is 0.629. The molecule has 1 atom stereocenters. The van der Waals surface area contributed by atoms with Crippen molar-refractivity contribution in [3.8, 4) is 0 Å². The molecule has 0 aliphatic carbocycles. The van der Waals surface area contributed by atoms with Crippen LogP contribution in [0.5, 0.6) is 0 Å². The summed E-state index contributed by atoms with van der Waals surface area (Å²) in [7, 11) is 2.15. The van der Waals surface area contributed by atoms with E-state index < -0.39 is 0 Å². The van der Waals surface area contributed by atoms with E-state index >= 15 is 0 Å². The van der Waals surface area contributed by atoms with Crippen LogP contribution in [0.2, 0.25) is 0 Å². The zero-order valence-electron chi connectivity index (χ0n) is 11.1. The summed E-state index contributed by atoms with van der Waals surface area (Å²) in [5.74, 6) is 0.699. The first kappa shape index (κ1) is 12.9. The molecular formula is C14H21N3O. The van der Waals surface area contributed by atoms with Gasteiger partial charge in [-0.25, -0.2) is 0 Å². The lowest BCUT2D eigenvalue weighted by atomic mass is 10.1. The van der Waals surface area contributed by atoms with Crippen molar-refractivity contribution >= 4 is 17.2 Å². The van der Waals surface area contributed by atoms with E-state index in [9.17, 15) is 4.79 Å². The monoisotopic (exact) mass is 247 g/mol. The van der Waals surface area contributed by atoms with Crippen molar-refractivity contribution in [3.05, 3.63) is 23.8 Å². The fraction of sp³-hybridized carbons (Fsp3) is 0.500. The second-order valence-electron chi connectivity index (χ2n) is 5.16. The fourth-order valence-electron chi connectivity index (χ4n) is 2.43. The van der Waals surface area contributed by atoms with Crippen LogP contribution in [0, 0.1) is 5.92 Å². The van der Waals surface area contributed by atoms with E-state index in [4.69, 9.17) is 5.73 Å². The van der Waals surface area contributed by atoms with Crippen LogP contribution in [0.15, 0.2) is 18.2 Å². The lowest BCUT2D eigenvalue weighted by Crippen LogP contribution is -2.19. The minimum atomic E-state index is 0.0109. The number of Topliss-reactive ketones (excluding diaryl/α,β-unsaturated/α-hetero) is 1. The highest BCUT2D eigenvalue weighted by atomic mass is 16.1. The Labute approximate surface area is 108 Å². The number of nitrogens with two attached hydrogens (primary N) is 1. The molecule has 18 heavy (non-hydrogen) atoms. The summed E-state index contributed by atoms with van der Waals surface area (Å²) in [6.07, 6.45) is 1.23. The third kappa shape index (κ3) is 3.01. The van der Waals surface area contributed by atoms with Gasteiger partial charge in [0.15, 0.2) is 5.78 Å². The highest BCUT2D eigenvalue weighted by Crippen LogP contribution is 2.20. The van der Waals surface area contributed by atoms with Crippen LogP contribution in [-0.2, 0) is 0 Å². The number of hydrogen-bond donors (Lipinski definition) is 2. The molecule has 0 aromatic heterocycles. The van der Waals surface area contributed by atoms with Crippen molar-refractivity contribution in [2.75, 3.05) is 37.7 Å². The van der Waals surface area contributed by atoms with Gasteiger partial charge in [0, 0.05) is 30.0 Å². The van der Waals surface area contributed by atoms with E-state index in [2.05, 4.69) is 17.3 Å². The highest BCUT2D eigenvalue weighted by molar-refractivity contribution is 5.99. The van der Waals surface area contributed by atoms with Gasteiger partial charge in [0.2, 0.25) is 0 Å². The number of rotatable bonds is 4. The molecular weight excluding hydrogens is 226 g/mol. The summed E-state index contributed by atoms with van der Waals surface area (Å²) in [6, 6.07) is 5.57. The first-order chi connectivity index (χ1) is 8.56. The lowest BCUT2D eigenvalue weighted by Gasteiger charge is -2.13. The van der Waals surface area contributed by atoms with Crippen LogP contribution in [0.4, 0.5) is 11.4 Å². The number of nitrogens with one attached hydrogen (secondary N) is 1. The van der Waals surface area contributed by atoms with E-state index in [1.807, 2.05) is 12.1 Å². The molecule has 1 aliphatic rings. The van der Waals surface area contributed by atoms with Crippen molar-refractivity contribution in [2.45, 2.75) is 13.3 Å². The number of nitrogens with zero attached hydrogens (tertiary/aromatic N) is 1. The first-order valence-corrected chi connectivity index (χ1v) is 6.39. The van der Waals surface area contributed by atoms with Gasteiger partial charge < -0.3 is 16.0 Å². The van der Waals surface area contributed by atoms with Gasteiger partial charge in [-0.15, -0.1) is 0 Å². The number of likely N-dealkylation sites (tertiary alicyclic amines) is 1. The molecule has 1 aromatic carbocycles. The predicted molar refractivity (Wildman–Crippen MR) is 75.0 cm³/mol. The number of ketones is 1. The van der Waals surface area contributed by atoms with Gasteiger partial charge >= 0.3 is 0 Å². The zero-order valence-corrected chi connectivity index (χ0v) is 11.1. The molecule has 0 bridgehead atoms. The molecule has 98 valence electrons. The molecule has 3 N–H and O–H groups in total. The van der Waals surface area contributed by atoms with Crippen molar-refractivity contribution in [1.82, 2.24) is 4.90 Å². The van der Waals surface area contributed by atoms with E-state index in [1.54, 1.807) is 13.0 Å².